The molecule has 0 radical (unpaired) electrons. The number of carbonyl (C=O) groups excluding carboxylic acids is 1. The van der Waals surface area contributed by atoms with Crippen LogP contribution in [0.25, 0.3) is 0 Å². The highest BCUT2D eigenvalue weighted by atomic mass is 16.3. The fourth-order valence-electron chi connectivity index (χ4n) is 3.51. The first-order valence-electron chi connectivity index (χ1n) is 8.12. The molecule has 1 amide bonds. The van der Waals surface area contributed by atoms with Crippen molar-refractivity contribution in [3.8, 4) is 0 Å². The van der Waals surface area contributed by atoms with Crippen LogP contribution in [0.2, 0.25) is 0 Å². The molecule has 0 bridgehead atoms. The number of aliphatic hydroxyl groups excluding tert-OH is 1. The molecular formula is C16H25N3O2. The fraction of sp³-hybridized carbons (Fsp3) is 0.688. The van der Waals surface area contributed by atoms with Gasteiger partial charge in [0, 0.05) is 12.2 Å². The van der Waals surface area contributed by atoms with Crippen molar-refractivity contribution in [2.45, 2.75) is 56.7 Å². The predicted molar refractivity (Wildman–Crippen MR) is 81.3 cm³/mol. The number of nitrogens with zero attached hydrogens (tertiary/aromatic N) is 1. The number of aromatic nitrogens is 1. The van der Waals surface area contributed by atoms with E-state index < -0.39 is 6.10 Å². The largest absolute Gasteiger partial charge is 0.391 e. The van der Waals surface area contributed by atoms with Gasteiger partial charge in [0.25, 0.3) is 5.91 Å². The van der Waals surface area contributed by atoms with Crippen LogP contribution in [0.3, 0.4) is 0 Å². The maximum atomic E-state index is 12.5. The molecule has 2 fully saturated rings. The van der Waals surface area contributed by atoms with E-state index in [0.29, 0.717) is 6.04 Å². The van der Waals surface area contributed by atoms with Gasteiger partial charge in [0.2, 0.25) is 0 Å². The van der Waals surface area contributed by atoms with Gasteiger partial charge in [-0.1, -0.05) is 12.8 Å². The van der Waals surface area contributed by atoms with E-state index in [-0.39, 0.29) is 11.9 Å². The van der Waals surface area contributed by atoms with E-state index in [0.717, 1.165) is 57.3 Å². The quantitative estimate of drug-likeness (QED) is 0.789. The summed E-state index contributed by atoms with van der Waals surface area (Å²) in [5, 5.41) is 16.4. The van der Waals surface area contributed by atoms with Gasteiger partial charge in [0.05, 0.1) is 12.1 Å². The van der Waals surface area contributed by atoms with Gasteiger partial charge in [-0.3, -0.25) is 4.79 Å². The molecule has 21 heavy (non-hydrogen) atoms. The average Bonchev–Trinajstić information content (AvgIpc) is 3.00. The number of hydrogen-bond donors (Lipinski definition) is 3. The predicted octanol–water partition coefficient (Wildman–Crippen LogP) is 1.45. The second-order valence-electron chi connectivity index (χ2n) is 6.21. The van der Waals surface area contributed by atoms with Gasteiger partial charge >= 0.3 is 0 Å². The van der Waals surface area contributed by atoms with Crippen molar-refractivity contribution in [1.29, 1.82) is 0 Å². The molecule has 3 rings (SSSR count). The topological polar surface area (TPSA) is 66.3 Å². The molecule has 3 N–H and O–H groups in total. The molecule has 2 atom stereocenters. The highest BCUT2D eigenvalue weighted by Gasteiger charge is 2.26. The second kappa shape index (κ2) is 6.62. The molecule has 1 aliphatic heterocycles. The van der Waals surface area contributed by atoms with Crippen molar-refractivity contribution in [2.24, 2.45) is 0 Å². The van der Waals surface area contributed by atoms with Gasteiger partial charge in [0.15, 0.2) is 0 Å². The smallest absolute Gasteiger partial charge is 0.268 e. The van der Waals surface area contributed by atoms with Crippen LogP contribution in [0.15, 0.2) is 18.3 Å². The Kier molecular flexibility index (Phi) is 4.60. The summed E-state index contributed by atoms with van der Waals surface area (Å²) in [4.78, 5) is 12.5. The lowest BCUT2D eigenvalue weighted by atomic mass is 9.92. The van der Waals surface area contributed by atoms with Crippen molar-refractivity contribution in [3.05, 3.63) is 24.0 Å². The van der Waals surface area contributed by atoms with Gasteiger partial charge in [-0.2, -0.15) is 0 Å². The molecule has 1 aliphatic carbocycles. The first-order valence-corrected chi connectivity index (χ1v) is 8.12. The van der Waals surface area contributed by atoms with Crippen LogP contribution < -0.4 is 10.6 Å². The Labute approximate surface area is 125 Å². The van der Waals surface area contributed by atoms with Crippen LogP contribution in [-0.2, 0) is 0 Å². The molecule has 1 saturated carbocycles. The molecule has 1 aromatic rings. The van der Waals surface area contributed by atoms with Crippen LogP contribution in [0.5, 0.6) is 0 Å². The Morgan fingerprint density at radius 1 is 1.24 bits per heavy atom. The third kappa shape index (κ3) is 3.30. The molecule has 1 aromatic heterocycles. The lowest BCUT2D eigenvalue weighted by molar-refractivity contribution is 0.0708. The molecular weight excluding hydrogens is 266 g/mol. The highest BCUT2D eigenvalue weighted by Crippen LogP contribution is 2.22. The minimum absolute atomic E-state index is 0.0514. The first kappa shape index (κ1) is 14.6. The van der Waals surface area contributed by atoms with E-state index >= 15 is 0 Å². The summed E-state index contributed by atoms with van der Waals surface area (Å²) in [5.74, 6) is -0.0514. The molecule has 0 unspecified atom stereocenters. The summed E-state index contributed by atoms with van der Waals surface area (Å²) < 4.78 is 2.10. The number of amides is 1. The summed E-state index contributed by atoms with van der Waals surface area (Å²) in [5.41, 5.74) is 0.722. The van der Waals surface area contributed by atoms with Crippen molar-refractivity contribution in [1.82, 2.24) is 15.2 Å². The zero-order valence-electron chi connectivity index (χ0n) is 12.4. The Bertz CT molecular complexity index is 480. The highest BCUT2D eigenvalue weighted by molar-refractivity contribution is 5.93. The molecule has 5 nitrogen and oxygen atoms in total. The van der Waals surface area contributed by atoms with Gasteiger partial charge in [-0.05, 0) is 50.9 Å². The fourth-order valence-corrected chi connectivity index (χ4v) is 3.51. The Morgan fingerprint density at radius 2 is 2.00 bits per heavy atom. The maximum Gasteiger partial charge on any atom is 0.268 e. The number of piperidine rings is 1. The Morgan fingerprint density at radius 3 is 2.76 bits per heavy atom. The number of aliphatic hydroxyl groups is 1. The monoisotopic (exact) mass is 291 g/mol. The third-order valence-corrected chi connectivity index (χ3v) is 4.76. The summed E-state index contributed by atoms with van der Waals surface area (Å²) in [6, 6.07) is 4.13. The van der Waals surface area contributed by atoms with Crippen molar-refractivity contribution < 1.29 is 9.90 Å². The number of hydrogen-bond acceptors (Lipinski definition) is 3. The summed E-state index contributed by atoms with van der Waals surface area (Å²) in [7, 11) is 0. The zero-order valence-corrected chi connectivity index (χ0v) is 12.4. The van der Waals surface area contributed by atoms with Crippen molar-refractivity contribution >= 4 is 5.91 Å². The van der Waals surface area contributed by atoms with Gasteiger partial charge in [0.1, 0.15) is 5.69 Å². The number of nitrogens with one attached hydrogen (secondary N) is 2. The molecule has 1 saturated heterocycles. The van der Waals surface area contributed by atoms with Crippen LogP contribution in [-0.4, -0.2) is 40.8 Å². The van der Waals surface area contributed by atoms with Gasteiger partial charge in [-0.15, -0.1) is 0 Å². The Hall–Kier alpha value is -1.33. The lowest BCUT2D eigenvalue weighted by Gasteiger charge is -2.29. The minimum Gasteiger partial charge on any atom is -0.391 e. The molecule has 0 spiro atoms. The van der Waals surface area contributed by atoms with Crippen molar-refractivity contribution in [2.75, 3.05) is 13.1 Å². The third-order valence-electron chi connectivity index (χ3n) is 4.76. The van der Waals surface area contributed by atoms with Crippen LogP contribution >= 0.6 is 0 Å². The standard InChI is InChI=1S/C16H25N3O2/c20-15-6-2-1-4-13(15)18-16(21)14-5-3-11-19(14)12-7-9-17-10-8-12/h3,5,11-13,15,17,20H,1-2,4,6-10H2,(H,18,21)/t13-,15-/m1/s1. The molecule has 2 aliphatic rings. The Balaban J connectivity index is 1.68. The van der Waals surface area contributed by atoms with E-state index in [4.69, 9.17) is 0 Å². The molecule has 116 valence electrons. The average molecular weight is 291 g/mol. The normalized spacial score (nSPS) is 27.5. The lowest BCUT2D eigenvalue weighted by Crippen LogP contribution is -2.45. The van der Waals surface area contributed by atoms with Crippen LogP contribution in [0, 0.1) is 0 Å². The molecule has 2 heterocycles. The number of carbonyl (C=O) groups is 1. The summed E-state index contributed by atoms with van der Waals surface area (Å²) >= 11 is 0. The maximum absolute atomic E-state index is 12.5. The number of rotatable bonds is 3. The summed E-state index contributed by atoms with van der Waals surface area (Å²) in [6.45, 7) is 2.01. The summed E-state index contributed by atoms with van der Waals surface area (Å²) in [6.07, 6.45) is 7.52. The van der Waals surface area contributed by atoms with Crippen LogP contribution in [0.1, 0.15) is 55.1 Å². The van der Waals surface area contributed by atoms with E-state index in [9.17, 15) is 9.90 Å². The van der Waals surface area contributed by atoms with E-state index in [1.54, 1.807) is 0 Å². The van der Waals surface area contributed by atoms with E-state index in [1.165, 1.54) is 0 Å². The SMILES string of the molecule is O=C(N[C@@H]1CCCC[C@H]1O)c1cccn1C1CCNCC1. The van der Waals surface area contributed by atoms with Gasteiger partial charge in [-0.25, -0.2) is 0 Å². The molecule has 0 aromatic carbocycles. The molecule has 5 heteroatoms. The second-order valence-corrected chi connectivity index (χ2v) is 6.21. The van der Waals surface area contributed by atoms with Crippen LogP contribution in [0.4, 0.5) is 0 Å². The first-order chi connectivity index (χ1) is 10.3. The van der Waals surface area contributed by atoms with E-state index in [1.807, 2.05) is 18.3 Å². The van der Waals surface area contributed by atoms with E-state index in [2.05, 4.69) is 15.2 Å². The van der Waals surface area contributed by atoms with Crippen molar-refractivity contribution in [3.63, 3.8) is 0 Å². The zero-order chi connectivity index (χ0) is 14.7. The van der Waals surface area contributed by atoms with Gasteiger partial charge < -0.3 is 20.3 Å². The minimum atomic E-state index is -0.398.